The van der Waals surface area contributed by atoms with Crippen LogP contribution in [0, 0.1) is 0 Å². The van der Waals surface area contributed by atoms with Crippen molar-refractivity contribution in [2.45, 2.75) is 56.3 Å². The van der Waals surface area contributed by atoms with Crippen molar-refractivity contribution in [2.75, 3.05) is 13.2 Å². The second-order valence-corrected chi connectivity index (χ2v) is 6.28. The Morgan fingerprint density at radius 2 is 2.30 bits per heavy atom. The fourth-order valence-corrected chi connectivity index (χ4v) is 3.51. The van der Waals surface area contributed by atoms with Gasteiger partial charge in [0.2, 0.25) is 0 Å². The number of nitrogens with zero attached hydrogens (tertiary/aromatic N) is 2. The highest BCUT2D eigenvalue weighted by atomic mass is 16.5. The predicted octanol–water partition coefficient (Wildman–Crippen LogP) is 1.53. The van der Waals surface area contributed by atoms with Crippen molar-refractivity contribution in [1.29, 1.82) is 0 Å². The quantitative estimate of drug-likeness (QED) is 0.877. The molecule has 5 heteroatoms. The molecule has 1 aromatic heterocycles. The molecule has 0 amide bonds. The monoisotopic (exact) mass is 279 g/mol. The van der Waals surface area contributed by atoms with Crippen LogP contribution >= 0.6 is 0 Å². The zero-order chi connectivity index (χ0) is 14.0. The number of ether oxygens (including phenoxy) is 1. The van der Waals surface area contributed by atoms with Gasteiger partial charge >= 0.3 is 0 Å². The summed E-state index contributed by atoms with van der Waals surface area (Å²) in [7, 11) is 1.87. The lowest BCUT2D eigenvalue weighted by molar-refractivity contribution is -0.0307. The topological polar surface area (TPSA) is 59.3 Å². The lowest BCUT2D eigenvalue weighted by Crippen LogP contribution is -2.42. The van der Waals surface area contributed by atoms with Crippen molar-refractivity contribution in [3.8, 4) is 0 Å². The van der Waals surface area contributed by atoms with E-state index < -0.39 is 6.10 Å². The van der Waals surface area contributed by atoms with Crippen LogP contribution in [-0.2, 0) is 11.8 Å². The summed E-state index contributed by atoms with van der Waals surface area (Å²) in [5.74, 6) is 0. The van der Waals surface area contributed by atoms with Gasteiger partial charge in [0.1, 0.15) is 0 Å². The SMILES string of the molecule is Cn1cc(C(O)CNC2CCC3(CCCO3)CC2)cn1. The smallest absolute Gasteiger partial charge is 0.0944 e. The number of aliphatic hydroxyl groups is 1. The van der Waals surface area contributed by atoms with Gasteiger partial charge in [-0.2, -0.15) is 5.10 Å². The third-order valence-electron chi connectivity index (χ3n) is 4.79. The van der Waals surface area contributed by atoms with Crippen LogP contribution in [0.5, 0.6) is 0 Å². The summed E-state index contributed by atoms with van der Waals surface area (Å²) >= 11 is 0. The molecule has 1 unspecified atom stereocenters. The van der Waals surface area contributed by atoms with Crippen molar-refractivity contribution >= 4 is 0 Å². The highest BCUT2D eigenvalue weighted by molar-refractivity contribution is 5.08. The first-order valence-electron chi connectivity index (χ1n) is 7.71. The second kappa shape index (κ2) is 5.84. The van der Waals surface area contributed by atoms with Crippen molar-refractivity contribution in [3.05, 3.63) is 18.0 Å². The maximum Gasteiger partial charge on any atom is 0.0944 e. The van der Waals surface area contributed by atoms with E-state index in [4.69, 9.17) is 4.74 Å². The first-order chi connectivity index (χ1) is 9.67. The van der Waals surface area contributed by atoms with E-state index in [0.29, 0.717) is 12.6 Å². The normalized spacial score (nSPS) is 31.8. The minimum Gasteiger partial charge on any atom is -0.387 e. The van der Waals surface area contributed by atoms with Crippen LogP contribution in [0.15, 0.2) is 12.4 Å². The van der Waals surface area contributed by atoms with Gasteiger partial charge < -0.3 is 15.2 Å². The van der Waals surface area contributed by atoms with Crippen molar-refractivity contribution < 1.29 is 9.84 Å². The van der Waals surface area contributed by atoms with E-state index in [1.54, 1.807) is 10.9 Å². The Labute approximate surface area is 120 Å². The molecule has 1 spiro atoms. The Hall–Kier alpha value is -0.910. The van der Waals surface area contributed by atoms with Gasteiger partial charge in [-0.25, -0.2) is 0 Å². The lowest BCUT2D eigenvalue weighted by atomic mass is 9.80. The maximum atomic E-state index is 10.1. The van der Waals surface area contributed by atoms with Crippen LogP contribution in [0.25, 0.3) is 0 Å². The minimum atomic E-state index is -0.470. The zero-order valence-corrected chi connectivity index (χ0v) is 12.2. The summed E-state index contributed by atoms with van der Waals surface area (Å²) in [6, 6.07) is 0.510. The summed E-state index contributed by atoms with van der Waals surface area (Å²) in [6.07, 6.45) is 10.2. The van der Waals surface area contributed by atoms with Crippen LogP contribution < -0.4 is 5.32 Å². The molecule has 1 saturated heterocycles. The number of aromatic nitrogens is 2. The van der Waals surface area contributed by atoms with Crippen LogP contribution in [0.2, 0.25) is 0 Å². The molecule has 112 valence electrons. The molecule has 2 heterocycles. The first kappa shape index (κ1) is 14.0. The van der Waals surface area contributed by atoms with Gasteiger partial charge in [0.25, 0.3) is 0 Å². The third-order valence-corrected chi connectivity index (χ3v) is 4.79. The van der Waals surface area contributed by atoms with Crippen LogP contribution in [-0.4, -0.2) is 39.7 Å². The molecule has 1 aromatic rings. The fraction of sp³-hybridized carbons (Fsp3) is 0.800. The predicted molar refractivity (Wildman–Crippen MR) is 76.3 cm³/mol. The number of hydrogen-bond acceptors (Lipinski definition) is 4. The molecule has 5 nitrogen and oxygen atoms in total. The van der Waals surface area contributed by atoms with Gasteiger partial charge in [-0.3, -0.25) is 4.68 Å². The highest BCUT2D eigenvalue weighted by Crippen LogP contribution is 2.39. The third kappa shape index (κ3) is 3.05. The Bertz CT molecular complexity index is 430. The Morgan fingerprint density at radius 1 is 1.50 bits per heavy atom. The molecule has 1 aliphatic carbocycles. The van der Waals surface area contributed by atoms with E-state index in [2.05, 4.69) is 10.4 Å². The molecule has 20 heavy (non-hydrogen) atoms. The molecule has 0 aromatic carbocycles. The second-order valence-electron chi connectivity index (χ2n) is 6.28. The Balaban J connectivity index is 1.43. The van der Waals surface area contributed by atoms with E-state index in [1.807, 2.05) is 13.2 Å². The van der Waals surface area contributed by atoms with E-state index in [0.717, 1.165) is 37.9 Å². The first-order valence-corrected chi connectivity index (χ1v) is 7.71. The van der Waals surface area contributed by atoms with Gasteiger partial charge in [0.05, 0.1) is 17.9 Å². The van der Waals surface area contributed by atoms with E-state index in [9.17, 15) is 5.11 Å². The van der Waals surface area contributed by atoms with Crippen LogP contribution in [0.1, 0.15) is 50.2 Å². The molecule has 0 radical (unpaired) electrons. The van der Waals surface area contributed by atoms with Gasteiger partial charge in [-0.05, 0) is 38.5 Å². The summed E-state index contributed by atoms with van der Waals surface area (Å²) in [4.78, 5) is 0. The number of aryl methyl sites for hydroxylation is 1. The van der Waals surface area contributed by atoms with E-state index in [-0.39, 0.29) is 5.60 Å². The summed E-state index contributed by atoms with van der Waals surface area (Å²) < 4.78 is 7.66. The number of aliphatic hydroxyl groups excluding tert-OH is 1. The van der Waals surface area contributed by atoms with Crippen molar-refractivity contribution in [1.82, 2.24) is 15.1 Å². The molecule has 3 rings (SSSR count). The average Bonchev–Trinajstić information content (AvgIpc) is 3.08. The highest BCUT2D eigenvalue weighted by Gasteiger charge is 2.38. The molecular formula is C15H25N3O2. The fourth-order valence-electron chi connectivity index (χ4n) is 3.51. The zero-order valence-electron chi connectivity index (χ0n) is 12.2. The summed E-state index contributed by atoms with van der Waals surface area (Å²) in [6.45, 7) is 1.54. The van der Waals surface area contributed by atoms with Crippen LogP contribution in [0.4, 0.5) is 0 Å². The van der Waals surface area contributed by atoms with Crippen LogP contribution in [0.3, 0.4) is 0 Å². The molecule has 0 bridgehead atoms. The number of rotatable bonds is 4. The minimum absolute atomic E-state index is 0.195. The van der Waals surface area contributed by atoms with E-state index >= 15 is 0 Å². The van der Waals surface area contributed by atoms with Crippen molar-refractivity contribution in [3.63, 3.8) is 0 Å². The number of hydrogen-bond donors (Lipinski definition) is 2. The van der Waals surface area contributed by atoms with Crippen molar-refractivity contribution in [2.24, 2.45) is 7.05 Å². The molecule has 2 N–H and O–H groups in total. The van der Waals surface area contributed by atoms with Gasteiger partial charge in [-0.1, -0.05) is 0 Å². The molecule has 1 aliphatic heterocycles. The Morgan fingerprint density at radius 3 is 2.90 bits per heavy atom. The molecule has 2 fully saturated rings. The summed E-state index contributed by atoms with van der Waals surface area (Å²) in [5, 5.41) is 17.7. The van der Waals surface area contributed by atoms with E-state index in [1.165, 1.54) is 12.8 Å². The largest absolute Gasteiger partial charge is 0.387 e. The van der Waals surface area contributed by atoms with Gasteiger partial charge in [0, 0.05) is 38.0 Å². The average molecular weight is 279 g/mol. The lowest BCUT2D eigenvalue weighted by Gasteiger charge is -2.37. The molecule has 2 aliphatic rings. The Kier molecular flexibility index (Phi) is 4.10. The van der Waals surface area contributed by atoms with Gasteiger partial charge in [-0.15, -0.1) is 0 Å². The maximum absolute atomic E-state index is 10.1. The summed E-state index contributed by atoms with van der Waals surface area (Å²) in [5.41, 5.74) is 1.08. The number of nitrogens with one attached hydrogen (secondary N) is 1. The van der Waals surface area contributed by atoms with Gasteiger partial charge in [0.15, 0.2) is 0 Å². The molecule has 1 saturated carbocycles. The molecular weight excluding hydrogens is 254 g/mol. The standard InChI is InChI=1S/C15H25N3O2/c1-18-11-12(9-17-18)14(19)10-16-13-3-6-15(7-4-13)5-2-8-20-15/h9,11,13-14,16,19H,2-8,10H2,1H3. The molecule has 1 atom stereocenters.